The Bertz CT molecular complexity index is 748. The maximum Gasteiger partial charge on any atom is 0.320 e. The molecule has 5 nitrogen and oxygen atoms in total. The number of ether oxygens (including phenoxy) is 2. The van der Waals surface area contributed by atoms with Crippen LogP contribution in [0.4, 0.5) is 0 Å². The van der Waals surface area contributed by atoms with Gasteiger partial charge in [-0.2, -0.15) is 0 Å². The fourth-order valence-electron chi connectivity index (χ4n) is 2.33. The van der Waals surface area contributed by atoms with E-state index in [4.69, 9.17) is 26.2 Å². The summed E-state index contributed by atoms with van der Waals surface area (Å²) < 4.78 is 11.2. The minimum atomic E-state index is -0.906. The fourth-order valence-corrected chi connectivity index (χ4v) is 2.62. The molecule has 0 bridgehead atoms. The van der Waals surface area contributed by atoms with Gasteiger partial charge in [-0.1, -0.05) is 41.4 Å². The number of hydrogen-bond donors (Lipinski definition) is 2. The number of hydrogen-bond acceptors (Lipinski definition) is 4. The first-order chi connectivity index (χ1) is 11.9. The number of rotatable bonds is 8. The molecule has 2 N–H and O–H groups in total. The molecule has 1 atom stereocenters. The summed E-state index contributed by atoms with van der Waals surface area (Å²) in [5, 5.41) is 12.3. The maximum atomic E-state index is 10.9. The van der Waals surface area contributed by atoms with Crippen molar-refractivity contribution in [2.24, 2.45) is 0 Å². The van der Waals surface area contributed by atoms with E-state index < -0.39 is 12.0 Å². The SMILES string of the molecule is COc1cc(CNC(C)C(=O)O)cc(Cl)c1OCc1cccc(C)c1. The second-order valence-electron chi connectivity index (χ2n) is 5.83. The van der Waals surface area contributed by atoms with Crippen molar-refractivity contribution in [3.05, 3.63) is 58.1 Å². The molecule has 0 saturated carbocycles. The van der Waals surface area contributed by atoms with Crippen LogP contribution < -0.4 is 14.8 Å². The Hall–Kier alpha value is -2.24. The minimum Gasteiger partial charge on any atom is -0.493 e. The molecule has 134 valence electrons. The van der Waals surface area contributed by atoms with Gasteiger partial charge in [0, 0.05) is 6.54 Å². The quantitative estimate of drug-likeness (QED) is 0.746. The second kappa shape index (κ2) is 8.74. The van der Waals surface area contributed by atoms with Crippen LogP contribution >= 0.6 is 11.6 Å². The second-order valence-corrected chi connectivity index (χ2v) is 6.23. The van der Waals surface area contributed by atoms with Gasteiger partial charge in [-0.05, 0) is 37.1 Å². The van der Waals surface area contributed by atoms with Gasteiger partial charge in [0.2, 0.25) is 0 Å². The smallest absolute Gasteiger partial charge is 0.320 e. The minimum absolute atomic E-state index is 0.363. The normalized spacial score (nSPS) is 11.8. The summed E-state index contributed by atoms with van der Waals surface area (Å²) in [6, 6.07) is 10.9. The fraction of sp³-hybridized carbons (Fsp3) is 0.316. The lowest BCUT2D eigenvalue weighted by Gasteiger charge is -2.15. The number of carboxylic acids is 1. The summed E-state index contributed by atoms with van der Waals surface area (Å²) in [6.07, 6.45) is 0. The number of nitrogens with one attached hydrogen (secondary N) is 1. The molecule has 25 heavy (non-hydrogen) atoms. The van der Waals surface area contributed by atoms with Crippen LogP contribution in [0.2, 0.25) is 5.02 Å². The van der Waals surface area contributed by atoms with Crippen molar-refractivity contribution in [1.82, 2.24) is 5.32 Å². The average Bonchev–Trinajstić information content (AvgIpc) is 2.58. The summed E-state index contributed by atoms with van der Waals surface area (Å²) in [4.78, 5) is 10.9. The lowest BCUT2D eigenvalue weighted by molar-refractivity contribution is -0.139. The molecule has 0 saturated heterocycles. The van der Waals surface area contributed by atoms with E-state index in [1.54, 1.807) is 26.2 Å². The van der Waals surface area contributed by atoms with E-state index in [0.717, 1.165) is 16.7 Å². The van der Waals surface area contributed by atoms with E-state index in [0.29, 0.717) is 29.7 Å². The van der Waals surface area contributed by atoms with Crippen molar-refractivity contribution >= 4 is 17.6 Å². The van der Waals surface area contributed by atoms with Gasteiger partial charge in [0.15, 0.2) is 11.5 Å². The van der Waals surface area contributed by atoms with Crippen LogP contribution in [0.15, 0.2) is 36.4 Å². The predicted octanol–water partition coefficient (Wildman–Crippen LogP) is 3.80. The molecule has 1 unspecified atom stereocenters. The zero-order valence-corrected chi connectivity index (χ0v) is 15.3. The van der Waals surface area contributed by atoms with Crippen LogP contribution in [0.3, 0.4) is 0 Å². The van der Waals surface area contributed by atoms with Crippen LogP contribution in [0, 0.1) is 6.92 Å². The highest BCUT2D eigenvalue weighted by Crippen LogP contribution is 2.37. The highest BCUT2D eigenvalue weighted by atomic mass is 35.5. The third-order valence-electron chi connectivity index (χ3n) is 3.74. The Morgan fingerprint density at radius 1 is 1.28 bits per heavy atom. The molecule has 0 aliphatic carbocycles. The van der Waals surface area contributed by atoms with Crippen molar-refractivity contribution in [2.75, 3.05) is 7.11 Å². The van der Waals surface area contributed by atoms with Crippen LogP contribution in [-0.2, 0) is 17.9 Å². The molecule has 0 heterocycles. The monoisotopic (exact) mass is 363 g/mol. The Labute approximate surface area is 152 Å². The number of aliphatic carboxylic acids is 1. The first-order valence-corrected chi connectivity index (χ1v) is 8.29. The van der Waals surface area contributed by atoms with E-state index in [1.165, 1.54) is 0 Å². The first-order valence-electron chi connectivity index (χ1n) is 7.91. The van der Waals surface area contributed by atoms with E-state index >= 15 is 0 Å². The third kappa shape index (κ3) is 5.37. The molecule has 2 aromatic carbocycles. The zero-order valence-electron chi connectivity index (χ0n) is 14.5. The van der Waals surface area contributed by atoms with E-state index in [1.807, 2.05) is 31.2 Å². The Morgan fingerprint density at radius 3 is 2.68 bits per heavy atom. The molecule has 2 aromatic rings. The summed E-state index contributed by atoms with van der Waals surface area (Å²) in [5.41, 5.74) is 3.02. The molecule has 0 aliphatic heterocycles. The van der Waals surface area contributed by atoms with Gasteiger partial charge < -0.3 is 19.9 Å². The molecule has 0 spiro atoms. The molecule has 6 heteroatoms. The van der Waals surface area contributed by atoms with Gasteiger partial charge in [-0.15, -0.1) is 0 Å². The number of carboxylic acid groups (broad SMARTS) is 1. The molecule has 0 fully saturated rings. The number of benzene rings is 2. The van der Waals surface area contributed by atoms with Gasteiger partial charge in [0.05, 0.1) is 12.1 Å². The lowest BCUT2D eigenvalue weighted by atomic mass is 10.1. The summed E-state index contributed by atoms with van der Waals surface area (Å²) >= 11 is 6.34. The van der Waals surface area contributed by atoms with Crippen LogP contribution in [0.5, 0.6) is 11.5 Å². The van der Waals surface area contributed by atoms with Crippen LogP contribution in [-0.4, -0.2) is 24.2 Å². The van der Waals surface area contributed by atoms with E-state index in [-0.39, 0.29) is 0 Å². The van der Waals surface area contributed by atoms with Crippen LogP contribution in [0.25, 0.3) is 0 Å². The highest BCUT2D eigenvalue weighted by molar-refractivity contribution is 6.32. The summed E-state index contributed by atoms with van der Waals surface area (Å²) in [7, 11) is 1.54. The number of carbonyl (C=O) groups is 1. The molecular weight excluding hydrogens is 342 g/mol. The van der Waals surface area contributed by atoms with Crippen molar-refractivity contribution < 1.29 is 19.4 Å². The third-order valence-corrected chi connectivity index (χ3v) is 4.02. The number of aryl methyl sites for hydroxylation is 1. The largest absolute Gasteiger partial charge is 0.493 e. The van der Waals surface area contributed by atoms with E-state index in [9.17, 15) is 4.79 Å². The molecule has 2 rings (SSSR count). The first kappa shape index (κ1) is 19.1. The standard InChI is InChI=1S/C19H22ClNO4/c1-12-5-4-6-14(7-12)11-25-18-16(20)8-15(9-17(18)24-3)10-21-13(2)19(22)23/h4-9,13,21H,10-11H2,1-3H3,(H,22,23). The maximum absolute atomic E-state index is 10.9. The Balaban J connectivity index is 2.12. The van der Waals surface area contributed by atoms with Crippen molar-refractivity contribution in [1.29, 1.82) is 0 Å². The topological polar surface area (TPSA) is 67.8 Å². The van der Waals surface area contributed by atoms with Gasteiger partial charge in [-0.25, -0.2) is 0 Å². The van der Waals surface area contributed by atoms with Crippen molar-refractivity contribution in [3.63, 3.8) is 0 Å². The number of methoxy groups -OCH3 is 1. The zero-order chi connectivity index (χ0) is 18.4. The van der Waals surface area contributed by atoms with Gasteiger partial charge in [0.25, 0.3) is 0 Å². The van der Waals surface area contributed by atoms with Gasteiger partial charge in [0.1, 0.15) is 12.6 Å². The molecule has 0 radical (unpaired) electrons. The number of halogens is 1. The van der Waals surface area contributed by atoms with Crippen molar-refractivity contribution in [2.45, 2.75) is 33.0 Å². The lowest BCUT2D eigenvalue weighted by Crippen LogP contribution is -2.33. The molecular formula is C19H22ClNO4. The Morgan fingerprint density at radius 2 is 2.04 bits per heavy atom. The summed E-state index contributed by atoms with van der Waals surface area (Å²) in [6.45, 7) is 4.35. The van der Waals surface area contributed by atoms with Crippen LogP contribution in [0.1, 0.15) is 23.6 Å². The average molecular weight is 364 g/mol. The van der Waals surface area contributed by atoms with Gasteiger partial charge in [-0.3, -0.25) is 4.79 Å². The van der Waals surface area contributed by atoms with Gasteiger partial charge >= 0.3 is 5.97 Å². The van der Waals surface area contributed by atoms with Crippen molar-refractivity contribution in [3.8, 4) is 11.5 Å². The predicted molar refractivity (Wildman–Crippen MR) is 97.5 cm³/mol. The highest BCUT2D eigenvalue weighted by Gasteiger charge is 2.14. The molecule has 0 amide bonds. The summed E-state index contributed by atoms with van der Waals surface area (Å²) in [5.74, 6) is 0.0804. The Kier molecular flexibility index (Phi) is 6.67. The van der Waals surface area contributed by atoms with E-state index in [2.05, 4.69) is 5.32 Å². The molecule has 0 aromatic heterocycles. The molecule has 0 aliphatic rings.